The van der Waals surface area contributed by atoms with Crippen molar-refractivity contribution in [1.29, 1.82) is 0 Å². The molecule has 1 saturated carbocycles. The molecule has 0 aromatic heterocycles. The normalized spacial score (nSPS) is 30.5. The molecular weight excluding hydrogens is 280 g/mol. The minimum atomic E-state index is -0.169. The van der Waals surface area contributed by atoms with E-state index in [1.54, 1.807) is 0 Å². The topological polar surface area (TPSA) is 58.6 Å². The summed E-state index contributed by atoms with van der Waals surface area (Å²) < 4.78 is 5.60. The zero-order valence-electron chi connectivity index (χ0n) is 13.4. The highest BCUT2D eigenvalue weighted by Gasteiger charge is 2.36. The van der Waals surface area contributed by atoms with Gasteiger partial charge in [-0.25, -0.2) is 0 Å². The predicted octanol–water partition coefficient (Wildman–Crippen LogP) is 1.85. The molecule has 1 N–H and O–H groups in total. The molecule has 3 aliphatic rings. The van der Waals surface area contributed by atoms with Crippen LogP contribution < -0.4 is 5.32 Å². The molecule has 0 bridgehead atoms. The maximum Gasteiger partial charge on any atom is 0.225 e. The highest BCUT2D eigenvalue weighted by atomic mass is 16.5. The Morgan fingerprint density at radius 1 is 1.14 bits per heavy atom. The Balaban J connectivity index is 1.47. The van der Waals surface area contributed by atoms with Crippen LogP contribution in [0.15, 0.2) is 0 Å². The first-order chi connectivity index (χ1) is 10.7. The quantitative estimate of drug-likeness (QED) is 0.806. The predicted molar refractivity (Wildman–Crippen MR) is 83.3 cm³/mol. The van der Waals surface area contributed by atoms with Crippen molar-refractivity contribution in [3.05, 3.63) is 0 Å². The van der Waals surface area contributed by atoms with Gasteiger partial charge in [0.25, 0.3) is 0 Å². The van der Waals surface area contributed by atoms with Gasteiger partial charge in [0.1, 0.15) is 0 Å². The molecule has 2 unspecified atom stereocenters. The van der Waals surface area contributed by atoms with Gasteiger partial charge in [0.2, 0.25) is 11.8 Å². The first kappa shape index (κ1) is 15.8. The number of nitrogens with one attached hydrogen (secondary N) is 1. The number of likely N-dealkylation sites (tertiary alicyclic amines) is 1. The zero-order valence-corrected chi connectivity index (χ0v) is 13.4. The summed E-state index contributed by atoms with van der Waals surface area (Å²) in [6.45, 7) is 2.03. The minimum absolute atomic E-state index is 0.0788. The summed E-state index contributed by atoms with van der Waals surface area (Å²) in [5.41, 5.74) is 0. The Kier molecular flexibility index (Phi) is 5.34. The van der Waals surface area contributed by atoms with Crippen LogP contribution in [0.4, 0.5) is 0 Å². The van der Waals surface area contributed by atoms with Crippen LogP contribution >= 0.6 is 0 Å². The van der Waals surface area contributed by atoms with Gasteiger partial charge < -0.3 is 15.0 Å². The number of amides is 2. The number of hydrogen-bond acceptors (Lipinski definition) is 3. The lowest BCUT2D eigenvalue weighted by atomic mass is 10.0. The molecule has 5 heteroatoms. The van der Waals surface area contributed by atoms with E-state index in [1.807, 2.05) is 4.90 Å². The average Bonchev–Trinajstić information content (AvgIpc) is 3.05. The molecule has 0 spiro atoms. The second-order valence-electron chi connectivity index (χ2n) is 7.03. The molecule has 1 aliphatic carbocycles. The monoisotopic (exact) mass is 308 g/mol. The highest BCUT2D eigenvalue weighted by Crippen LogP contribution is 2.23. The summed E-state index contributed by atoms with van der Waals surface area (Å²) >= 11 is 0. The Hall–Kier alpha value is -1.10. The molecule has 2 saturated heterocycles. The Morgan fingerprint density at radius 3 is 2.59 bits per heavy atom. The van der Waals surface area contributed by atoms with E-state index in [2.05, 4.69) is 5.32 Å². The van der Waals surface area contributed by atoms with E-state index in [0.717, 1.165) is 32.3 Å². The molecule has 124 valence electrons. The number of nitrogens with zero attached hydrogens (tertiary/aromatic N) is 1. The van der Waals surface area contributed by atoms with Crippen molar-refractivity contribution in [3.63, 3.8) is 0 Å². The molecule has 2 heterocycles. The molecular formula is C17H28N2O3. The van der Waals surface area contributed by atoms with E-state index in [1.165, 1.54) is 25.7 Å². The second kappa shape index (κ2) is 7.44. The average molecular weight is 308 g/mol. The van der Waals surface area contributed by atoms with E-state index >= 15 is 0 Å². The van der Waals surface area contributed by atoms with Gasteiger partial charge in [0.05, 0.1) is 12.0 Å². The van der Waals surface area contributed by atoms with E-state index in [-0.39, 0.29) is 23.8 Å². The largest absolute Gasteiger partial charge is 0.376 e. The molecule has 2 amide bonds. The van der Waals surface area contributed by atoms with Gasteiger partial charge in [-0.05, 0) is 25.7 Å². The van der Waals surface area contributed by atoms with Gasteiger partial charge in [0, 0.05) is 32.2 Å². The number of ether oxygens (including phenoxy) is 1. The fourth-order valence-corrected chi connectivity index (χ4v) is 3.90. The van der Waals surface area contributed by atoms with Crippen molar-refractivity contribution >= 4 is 11.8 Å². The lowest BCUT2D eigenvalue weighted by Gasteiger charge is -2.21. The lowest BCUT2D eigenvalue weighted by Crippen LogP contribution is -2.40. The summed E-state index contributed by atoms with van der Waals surface area (Å²) in [4.78, 5) is 26.4. The number of carbonyl (C=O) groups is 2. The molecule has 5 nitrogen and oxygen atoms in total. The van der Waals surface area contributed by atoms with Crippen LogP contribution in [0.2, 0.25) is 0 Å². The summed E-state index contributed by atoms with van der Waals surface area (Å²) in [6, 6.07) is 0.317. The summed E-state index contributed by atoms with van der Waals surface area (Å²) in [5.74, 6) is 0.0174. The molecule has 0 radical (unpaired) electrons. The summed E-state index contributed by atoms with van der Waals surface area (Å²) in [7, 11) is 0. The van der Waals surface area contributed by atoms with Crippen molar-refractivity contribution < 1.29 is 14.3 Å². The van der Waals surface area contributed by atoms with E-state index in [9.17, 15) is 9.59 Å². The highest BCUT2D eigenvalue weighted by molar-refractivity contribution is 5.89. The lowest BCUT2D eigenvalue weighted by molar-refractivity contribution is -0.130. The maximum absolute atomic E-state index is 12.4. The molecule has 3 fully saturated rings. The maximum atomic E-state index is 12.4. The van der Waals surface area contributed by atoms with Crippen LogP contribution in [0.3, 0.4) is 0 Å². The Labute approximate surface area is 132 Å². The van der Waals surface area contributed by atoms with Crippen molar-refractivity contribution in [2.24, 2.45) is 5.92 Å². The zero-order chi connectivity index (χ0) is 15.4. The van der Waals surface area contributed by atoms with Crippen LogP contribution in [0.25, 0.3) is 0 Å². The third-order valence-corrected chi connectivity index (χ3v) is 5.23. The Morgan fingerprint density at radius 2 is 1.91 bits per heavy atom. The number of hydrogen-bond donors (Lipinski definition) is 1. The molecule has 2 atom stereocenters. The molecule has 2 aliphatic heterocycles. The number of carbonyl (C=O) groups excluding carboxylic acids is 2. The Bertz CT molecular complexity index is 399. The van der Waals surface area contributed by atoms with Crippen LogP contribution in [0.5, 0.6) is 0 Å². The third-order valence-electron chi connectivity index (χ3n) is 5.23. The van der Waals surface area contributed by atoms with Gasteiger partial charge in [0.15, 0.2) is 0 Å². The van der Waals surface area contributed by atoms with E-state index in [4.69, 9.17) is 4.74 Å². The fraction of sp³-hybridized carbons (Fsp3) is 0.882. The first-order valence-corrected chi connectivity index (χ1v) is 8.92. The number of rotatable bonds is 4. The molecule has 22 heavy (non-hydrogen) atoms. The van der Waals surface area contributed by atoms with Gasteiger partial charge in [-0.2, -0.15) is 0 Å². The van der Waals surface area contributed by atoms with Crippen molar-refractivity contribution in [3.8, 4) is 0 Å². The van der Waals surface area contributed by atoms with Crippen LogP contribution in [-0.4, -0.2) is 48.6 Å². The minimum Gasteiger partial charge on any atom is -0.376 e. The van der Waals surface area contributed by atoms with E-state index in [0.29, 0.717) is 25.6 Å². The van der Waals surface area contributed by atoms with Crippen molar-refractivity contribution in [1.82, 2.24) is 10.2 Å². The molecule has 3 rings (SSSR count). The third kappa shape index (κ3) is 4.00. The SMILES string of the molecule is O=C(NC1CCCCCC1)C1CC(=O)N(CC2CCCO2)C1. The summed E-state index contributed by atoms with van der Waals surface area (Å²) in [6.07, 6.45) is 9.81. The van der Waals surface area contributed by atoms with Crippen molar-refractivity contribution in [2.75, 3.05) is 19.7 Å². The van der Waals surface area contributed by atoms with Crippen LogP contribution in [0, 0.1) is 5.92 Å². The standard InChI is InChI=1S/C17H28N2O3/c20-16-10-13(11-19(16)12-15-8-5-9-22-15)17(21)18-14-6-3-1-2-4-7-14/h13-15H,1-12H2,(H,18,21). The first-order valence-electron chi connectivity index (χ1n) is 8.92. The summed E-state index contributed by atoms with van der Waals surface area (Å²) in [5, 5.41) is 3.19. The fourth-order valence-electron chi connectivity index (χ4n) is 3.90. The van der Waals surface area contributed by atoms with Gasteiger partial charge in [-0.1, -0.05) is 25.7 Å². The smallest absolute Gasteiger partial charge is 0.225 e. The van der Waals surface area contributed by atoms with Crippen LogP contribution in [-0.2, 0) is 14.3 Å². The van der Waals surface area contributed by atoms with Gasteiger partial charge in [-0.15, -0.1) is 0 Å². The molecule has 0 aromatic rings. The van der Waals surface area contributed by atoms with Gasteiger partial charge in [-0.3, -0.25) is 9.59 Å². The molecule has 0 aromatic carbocycles. The van der Waals surface area contributed by atoms with E-state index < -0.39 is 0 Å². The van der Waals surface area contributed by atoms with Gasteiger partial charge >= 0.3 is 0 Å². The van der Waals surface area contributed by atoms with Crippen LogP contribution in [0.1, 0.15) is 57.8 Å². The van der Waals surface area contributed by atoms with Crippen molar-refractivity contribution in [2.45, 2.75) is 69.9 Å². The second-order valence-corrected chi connectivity index (χ2v) is 7.03.